The molecule has 1 aromatic heterocycles. The Hall–Kier alpha value is -3.44. The standard InChI is InChI=1S/C22H28N8O3.ClH/c1-28-8-9-29(13-18(28)31)21(33)14-4-2-6-16(10-14)26-20-17(19(24)32)11-25-22(27-20)30-7-3-5-15(23)12-30;/h2,4,6,10-11,15H,3,5,7-9,12-13,23H2,1H3,(H2,24,32)(H,25,26,27);1H/t15-;/m0./s1. The zero-order chi connectivity index (χ0) is 23.5. The summed E-state index contributed by atoms with van der Waals surface area (Å²) < 4.78 is 0. The summed E-state index contributed by atoms with van der Waals surface area (Å²) in [5.74, 6) is -0.281. The molecule has 2 aliphatic rings. The van der Waals surface area contributed by atoms with Crippen molar-refractivity contribution < 1.29 is 14.4 Å². The van der Waals surface area contributed by atoms with Gasteiger partial charge in [-0.25, -0.2) is 4.98 Å². The first-order valence-electron chi connectivity index (χ1n) is 10.9. The Morgan fingerprint density at radius 3 is 2.71 bits per heavy atom. The predicted octanol–water partition coefficient (Wildman–Crippen LogP) is 0.583. The number of piperazine rings is 1. The third kappa shape index (κ3) is 5.54. The van der Waals surface area contributed by atoms with E-state index in [1.54, 1.807) is 36.2 Å². The molecule has 2 aliphatic heterocycles. The zero-order valence-corrected chi connectivity index (χ0v) is 19.8. The fourth-order valence-corrected chi connectivity index (χ4v) is 3.97. The van der Waals surface area contributed by atoms with Gasteiger partial charge in [0.1, 0.15) is 17.9 Å². The number of primary amides is 1. The van der Waals surface area contributed by atoms with Gasteiger partial charge >= 0.3 is 0 Å². The maximum atomic E-state index is 12.9. The normalized spacial score (nSPS) is 18.4. The van der Waals surface area contributed by atoms with Gasteiger partial charge < -0.3 is 31.5 Å². The van der Waals surface area contributed by atoms with Crippen LogP contribution in [0, 0.1) is 0 Å². The highest BCUT2D eigenvalue weighted by Gasteiger charge is 2.26. The minimum atomic E-state index is -0.664. The lowest BCUT2D eigenvalue weighted by atomic mass is 10.1. The van der Waals surface area contributed by atoms with Crippen LogP contribution in [0.1, 0.15) is 33.6 Å². The number of amides is 3. The summed E-state index contributed by atoms with van der Waals surface area (Å²) in [6.07, 6.45) is 3.28. The summed E-state index contributed by atoms with van der Waals surface area (Å²) in [5.41, 5.74) is 12.7. The highest BCUT2D eigenvalue weighted by Crippen LogP contribution is 2.24. The van der Waals surface area contributed by atoms with E-state index in [2.05, 4.69) is 15.3 Å². The summed E-state index contributed by atoms with van der Waals surface area (Å²) in [5, 5.41) is 3.10. The number of hydrogen-bond acceptors (Lipinski definition) is 8. The van der Waals surface area contributed by atoms with E-state index in [-0.39, 0.29) is 48.2 Å². The Kier molecular flexibility index (Phi) is 7.90. The number of rotatable bonds is 5. The second-order valence-corrected chi connectivity index (χ2v) is 8.39. The van der Waals surface area contributed by atoms with Gasteiger partial charge in [0, 0.05) is 56.7 Å². The first-order chi connectivity index (χ1) is 15.8. The van der Waals surface area contributed by atoms with Crippen molar-refractivity contribution >= 4 is 47.6 Å². The Bertz CT molecular complexity index is 1080. The van der Waals surface area contributed by atoms with Crippen molar-refractivity contribution in [1.29, 1.82) is 0 Å². The molecule has 3 amide bonds. The molecule has 0 unspecified atom stereocenters. The summed E-state index contributed by atoms with van der Waals surface area (Å²) in [6.45, 7) is 2.41. The third-order valence-corrected chi connectivity index (χ3v) is 5.90. The number of aromatic nitrogens is 2. The predicted molar refractivity (Wildman–Crippen MR) is 130 cm³/mol. The highest BCUT2D eigenvalue weighted by molar-refractivity contribution is 5.99. The number of hydrogen-bond donors (Lipinski definition) is 3. The average Bonchev–Trinajstić information content (AvgIpc) is 2.80. The smallest absolute Gasteiger partial charge is 0.254 e. The van der Waals surface area contributed by atoms with Crippen LogP contribution in [0.3, 0.4) is 0 Å². The molecule has 5 N–H and O–H groups in total. The summed E-state index contributed by atoms with van der Waals surface area (Å²) in [6, 6.07) is 6.87. The van der Waals surface area contributed by atoms with E-state index < -0.39 is 5.91 Å². The number of carbonyl (C=O) groups excluding carboxylic acids is 3. The number of anilines is 3. The Morgan fingerprint density at radius 2 is 2.00 bits per heavy atom. The molecule has 182 valence electrons. The van der Waals surface area contributed by atoms with Crippen LogP contribution in [0.4, 0.5) is 17.5 Å². The number of benzene rings is 1. The van der Waals surface area contributed by atoms with E-state index in [0.29, 0.717) is 36.8 Å². The van der Waals surface area contributed by atoms with Gasteiger partial charge in [-0.2, -0.15) is 4.98 Å². The number of halogens is 1. The molecule has 11 nitrogen and oxygen atoms in total. The molecule has 1 aromatic carbocycles. The van der Waals surface area contributed by atoms with Gasteiger partial charge in [-0.15, -0.1) is 12.4 Å². The molecular formula is C22H29ClN8O3. The van der Waals surface area contributed by atoms with Gasteiger partial charge in [-0.3, -0.25) is 14.4 Å². The van der Waals surface area contributed by atoms with Gasteiger partial charge in [0.2, 0.25) is 11.9 Å². The second kappa shape index (κ2) is 10.7. The molecule has 0 spiro atoms. The summed E-state index contributed by atoms with van der Waals surface area (Å²) in [4.78, 5) is 50.8. The monoisotopic (exact) mass is 488 g/mol. The van der Waals surface area contributed by atoms with Crippen LogP contribution in [0.25, 0.3) is 0 Å². The Labute approximate surface area is 203 Å². The molecule has 0 saturated carbocycles. The van der Waals surface area contributed by atoms with Crippen molar-refractivity contribution in [2.45, 2.75) is 18.9 Å². The number of nitrogens with zero attached hydrogens (tertiary/aromatic N) is 5. The van der Waals surface area contributed by atoms with E-state index >= 15 is 0 Å². The molecular weight excluding hydrogens is 460 g/mol. The zero-order valence-electron chi connectivity index (χ0n) is 18.9. The number of likely N-dealkylation sites (N-methyl/N-ethyl adjacent to an activating group) is 1. The van der Waals surface area contributed by atoms with Crippen LogP contribution in [0.5, 0.6) is 0 Å². The van der Waals surface area contributed by atoms with Crippen LogP contribution in [0.15, 0.2) is 30.5 Å². The fourth-order valence-electron chi connectivity index (χ4n) is 3.97. The summed E-state index contributed by atoms with van der Waals surface area (Å²) >= 11 is 0. The van der Waals surface area contributed by atoms with Crippen LogP contribution in [-0.4, -0.2) is 83.3 Å². The van der Waals surface area contributed by atoms with Crippen LogP contribution >= 0.6 is 12.4 Å². The van der Waals surface area contributed by atoms with E-state index in [1.807, 2.05) is 4.90 Å². The van der Waals surface area contributed by atoms with Crippen molar-refractivity contribution in [3.63, 3.8) is 0 Å². The summed E-state index contributed by atoms with van der Waals surface area (Å²) in [7, 11) is 1.72. The largest absolute Gasteiger partial charge is 0.365 e. The van der Waals surface area contributed by atoms with E-state index in [1.165, 1.54) is 11.1 Å². The van der Waals surface area contributed by atoms with Crippen molar-refractivity contribution in [1.82, 2.24) is 19.8 Å². The van der Waals surface area contributed by atoms with Crippen molar-refractivity contribution in [3.05, 3.63) is 41.6 Å². The van der Waals surface area contributed by atoms with Crippen molar-refractivity contribution in [3.8, 4) is 0 Å². The average molecular weight is 489 g/mol. The first kappa shape index (κ1) is 25.2. The molecule has 2 aromatic rings. The van der Waals surface area contributed by atoms with Crippen molar-refractivity contribution in [2.24, 2.45) is 11.5 Å². The maximum absolute atomic E-state index is 12.9. The number of nitrogens with two attached hydrogens (primary N) is 2. The van der Waals surface area contributed by atoms with E-state index in [9.17, 15) is 14.4 Å². The van der Waals surface area contributed by atoms with Gasteiger partial charge in [0.25, 0.3) is 11.8 Å². The molecule has 2 saturated heterocycles. The molecule has 0 aliphatic carbocycles. The lowest BCUT2D eigenvalue weighted by Crippen LogP contribution is -2.50. The first-order valence-corrected chi connectivity index (χ1v) is 10.9. The third-order valence-electron chi connectivity index (χ3n) is 5.90. The molecule has 1 atom stereocenters. The Balaban J connectivity index is 0.00000324. The number of carbonyl (C=O) groups is 3. The van der Waals surface area contributed by atoms with Crippen LogP contribution in [0.2, 0.25) is 0 Å². The molecule has 0 radical (unpaired) electrons. The number of piperidine rings is 1. The lowest BCUT2D eigenvalue weighted by molar-refractivity contribution is -0.133. The molecule has 2 fully saturated rings. The Morgan fingerprint density at radius 1 is 1.21 bits per heavy atom. The molecule has 4 rings (SSSR count). The van der Waals surface area contributed by atoms with Gasteiger partial charge in [-0.1, -0.05) is 6.07 Å². The molecule has 0 bridgehead atoms. The SMILES string of the molecule is CN1CCN(C(=O)c2cccc(Nc3nc(N4CCC[C@H](N)C4)ncc3C(N)=O)c2)CC1=O.Cl. The van der Waals surface area contributed by atoms with E-state index in [4.69, 9.17) is 11.5 Å². The minimum absolute atomic E-state index is 0. The van der Waals surface area contributed by atoms with Crippen LogP contribution < -0.4 is 21.7 Å². The lowest BCUT2D eigenvalue weighted by Gasteiger charge is -2.32. The van der Waals surface area contributed by atoms with Gasteiger partial charge in [0.05, 0.1) is 0 Å². The highest BCUT2D eigenvalue weighted by atomic mass is 35.5. The van der Waals surface area contributed by atoms with E-state index in [0.717, 1.165) is 19.4 Å². The number of nitrogens with one attached hydrogen (secondary N) is 1. The van der Waals surface area contributed by atoms with Crippen molar-refractivity contribution in [2.75, 3.05) is 50.0 Å². The molecule has 12 heteroatoms. The van der Waals surface area contributed by atoms with Crippen LogP contribution in [-0.2, 0) is 4.79 Å². The van der Waals surface area contributed by atoms with Gasteiger partial charge in [-0.05, 0) is 31.0 Å². The molecule has 3 heterocycles. The topological polar surface area (TPSA) is 151 Å². The quantitative estimate of drug-likeness (QED) is 0.553. The van der Waals surface area contributed by atoms with Gasteiger partial charge in [0.15, 0.2) is 0 Å². The second-order valence-electron chi connectivity index (χ2n) is 8.39. The molecule has 34 heavy (non-hydrogen) atoms. The maximum Gasteiger partial charge on any atom is 0.254 e. The minimum Gasteiger partial charge on any atom is -0.365 e. The fraction of sp³-hybridized carbons (Fsp3) is 0.409.